The van der Waals surface area contributed by atoms with Gasteiger partial charge in [-0.25, -0.2) is 0 Å². The van der Waals surface area contributed by atoms with Crippen molar-refractivity contribution in [1.29, 1.82) is 0 Å². The second kappa shape index (κ2) is 11.1. The third-order valence-electron chi connectivity index (χ3n) is 4.89. The number of rotatable bonds is 9. The first kappa shape index (κ1) is 24.6. The van der Waals surface area contributed by atoms with Crippen LogP contribution in [0.4, 0.5) is 5.69 Å². The first-order valence-corrected chi connectivity index (χ1v) is 11.7. The van der Waals surface area contributed by atoms with Crippen LogP contribution in [-0.4, -0.2) is 57.4 Å². The lowest BCUT2D eigenvalue weighted by Crippen LogP contribution is -2.41. The van der Waals surface area contributed by atoms with Crippen LogP contribution in [0.2, 0.25) is 0 Å². The number of nitrogens with one attached hydrogen (secondary N) is 1. The van der Waals surface area contributed by atoms with Gasteiger partial charge in [0.25, 0.3) is 10.0 Å². The fraction of sp³-hybridized carbons (Fsp3) is 0.550. The maximum atomic E-state index is 12.3. The maximum Gasteiger partial charge on any atom is 0.309 e. The third-order valence-corrected chi connectivity index (χ3v) is 6.21. The molecule has 1 aliphatic heterocycles. The van der Waals surface area contributed by atoms with Gasteiger partial charge in [0, 0.05) is 5.69 Å². The number of guanidine groups is 1. The van der Waals surface area contributed by atoms with Crippen LogP contribution in [0.3, 0.4) is 0 Å². The Hall–Kier alpha value is -2.66. The lowest BCUT2D eigenvalue weighted by molar-refractivity contribution is -0.150. The lowest BCUT2D eigenvalue weighted by Gasteiger charge is -2.30. The Balaban J connectivity index is 1.78. The van der Waals surface area contributed by atoms with Crippen LogP contribution in [0.25, 0.3) is 0 Å². The number of piperidine rings is 1. The normalized spacial score (nSPS) is 15.5. The van der Waals surface area contributed by atoms with E-state index in [0.717, 1.165) is 6.42 Å². The number of hydrogen-bond donors (Lipinski definition) is 3. The minimum Gasteiger partial charge on any atom is -0.465 e. The van der Waals surface area contributed by atoms with E-state index in [1.165, 1.54) is 24.3 Å². The highest BCUT2D eigenvalue weighted by Gasteiger charge is 2.27. The van der Waals surface area contributed by atoms with E-state index in [4.69, 9.17) is 16.2 Å². The Bertz CT molecular complexity index is 887. The quantitative estimate of drug-likeness (QED) is 0.282. The molecule has 1 aromatic rings. The number of carbonyl (C=O) groups excluding carboxylic acids is 2. The number of esters is 1. The third kappa shape index (κ3) is 8.18. The van der Waals surface area contributed by atoms with E-state index in [-0.39, 0.29) is 29.2 Å². The molecule has 1 heterocycles. The number of nitrogens with two attached hydrogens (primary N) is 2. The summed E-state index contributed by atoms with van der Waals surface area (Å²) in [7, 11) is -3.97. The van der Waals surface area contributed by atoms with Gasteiger partial charge in [-0.05, 0) is 62.5 Å². The molecular weight excluding hydrogens is 422 g/mol. The molecule has 0 saturated carbocycles. The first-order valence-electron chi connectivity index (χ1n) is 10.2. The molecule has 10 nitrogen and oxygen atoms in total. The van der Waals surface area contributed by atoms with Crippen molar-refractivity contribution >= 4 is 33.5 Å². The van der Waals surface area contributed by atoms with Gasteiger partial charge in [0.15, 0.2) is 0 Å². The number of amides is 1. The molecule has 2 rings (SSSR count). The number of ether oxygens (including phenoxy) is 1. The number of anilines is 1. The highest BCUT2D eigenvalue weighted by Crippen LogP contribution is 2.20. The summed E-state index contributed by atoms with van der Waals surface area (Å²) >= 11 is 0. The summed E-state index contributed by atoms with van der Waals surface area (Å²) in [6, 6.07) is 5.56. The zero-order valence-electron chi connectivity index (χ0n) is 17.9. The van der Waals surface area contributed by atoms with Crippen LogP contribution in [0.1, 0.15) is 33.1 Å². The summed E-state index contributed by atoms with van der Waals surface area (Å²) in [4.78, 5) is 26.3. The van der Waals surface area contributed by atoms with E-state index >= 15 is 0 Å². The highest BCUT2D eigenvalue weighted by atomic mass is 32.2. The minimum atomic E-state index is -3.97. The average Bonchev–Trinajstić information content (AvgIpc) is 2.67. The van der Waals surface area contributed by atoms with Crippen molar-refractivity contribution in [2.75, 3.05) is 31.6 Å². The Labute approximate surface area is 183 Å². The van der Waals surface area contributed by atoms with E-state index in [9.17, 15) is 18.0 Å². The predicted octanol–water partition coefficient (Wildman–Crippen LogP) is 0.889. The molecule has 0 aromatic heterocycles. The number of carbonyl (C=O) groups is 2. The second-order valence-electron chi connectivity index (χ2n) is 7.96. The molecule has 172 valence electrons. The molecule has 11 heteroatoms. The van der Waals surface area contributed by atoms with E-state index < -0.39 is 16.0 Å². The summed E-state index contributed by atoms with van der Waals surface area (Å²) in [6.45, 7) is 6.06. The molecule has 1 saturated heterocycles. The summed E-state index contributed by atoms with van der Waals surface area (Å²) < 4.78 is 32.4. The number of hydrogen-bond acceptors (Lipinski definition) is 6. The molecule has 1 amide bonds. The Kier molecular flexibility index (Phi) is 8.81. The molecule has 0 atom stereocenters. The number of sulfonamides is 1. The standard InChI is InChI=1S/C20H31N5O5S/c1-14(2)9-12-30-19(27)15-7-10-25(11-8-15)13-18(26)23-16-3-5-17(6-4-16)31(28,29)24-20(21)22/h3-6,14-15H,7-13H2,1-2H3,(H,23,26)(H4,21,22,24). The van der Waals surface area contributed by atoms with Crippen molar-refractivity contribution in [1.82, 2.24) is 4.90 Å². The lowest BCUT2D eigenvalue weighted by atomic mass is 9.97. The topological polar surface area (TPSA) is 157 Å². The van der Waals surface area contributed by atoms with E-state index in [0.29, 0.717) is 44.1 Å². The van der Waals surface area contributed by atoms with E-state index in [1.54, 1.807) is 0 Å². The van der Waals surface area contributed by atoms with Crippen molar-refractivity contribution in [3.8, 4) is 0 Å². The zero-order chi connectivity index (χ0) is 23.0. The molecule has 31 heavy (non-hydrogen) atoms. The van der Waals surface area contributed by atoms with Crippen molar-refractivity contribution in [3.05, 3.63) is 24.3 Å². The zero-order valence-corrected chi connectivity index (χ0v) is 18.7. The van der Waals surface area contributed by atoms with Gasteiger partial charge >= 0.3 is 5.97 Å². The SMILES string of the molecule is CC(C)CCOC(=O)C1CCN(CC(=O)Nc2ccc(S(=O)(=O)N=C(N)N)cc2)CC1. The molecular formula is C20H31N5O5S. The van der Waals surface area contributed by atoms with Gasteiger partial charge in [-0.2, -0.15) is 8.42 Å². The molecule has 0 bridgehead atoms. The fourth-order valence-electron chi connectivity index (χ4n) is 3.15. The highest BCUT2D eigenvalue weighted by molar-refractivity contribution is 7.90. The molecule has 0 spiro atoms. The van der Waals surface area contributed by atoms with Gasteiger partial charge in [-0.1, -0.05) is 13.8 Å². The Morgan fingerprint density at radius 3 is 2.35 bits per heavy atom. The minimum absolute atomic E-state index is 0.0822. The van der Waals surface area contributed by atoms with Crippen molar-refractivity contribution in [2.24, 2.45) is 27.7 Å². The first-order chi connectivity index (χ1) is 14.6. The molecule has 0 aliphatic carbocycles. The van der Waals surface area contributed by atoms with Gasteiger partial charge in [0.1, 0.15) is 0 Å². The Morgan fingerprint density at radius 2 is 1.81 bits per heavy atom. The molecule has 1 fully saturated rings. The van der Waals surface area contributed by atoms with Crippen LogP contribution in [-0.2, 0) is 24.3 Å². The second-order valence-corrected chi connectivity index (χ2v) is 9.57. The molecule has 1 aromatic carbocycles. The molecule has 5 N–H and O–H groups in total. The van der Waals surface area contributed by atoms with Crippen molar-refractivity contribution in [2.45, 2.75) is 38.0 Å². The molecule has 1 aliphatic rings. The van der Waals surface area contributed by atoms with Crippen LogP contribution >= 0.6 is 0 Å². The predicted molar refractivity (Wildman–Crippen MR) is 118 cm³/mol. The molecule has 0 unspecified atom stereocenters. The van der Waals surface area contributed by atoms with Crippen molar-refractivity contribution in [3.63, 3.8) is 0 Å². The average molecular weight is 454 g/mol. The van der Waals surface area contributed by atoms with E-state index in [2.05, 4.69) is 23.6 Å². The van der Waals surface area contributed by atoms with Crippen LogP contribution in [0, 0.1) is 11.8 Å². The van der Waals surface area contributed by atoms with Crippen LogP contribution in [0.15, 0.2) is 33.6 Å². The number of benzene rings is 1. The summed E-state index contributed by atoms with van der Waals surface area (Å²) in [5, 5.41) is 2.73. The van der Waals surface area contributed by atoms with Gasteiger partial charge in [-0.15, -0.1) is 4.40 Å². The van der Waals surface area contributed by atoms with Crippen molar-refractivity contribution < 1.29 is 22.7 Å². The van der Waals surface area contributed by atoms with Crippen LogP contribution < -0.4 is 16.8 Å². The molecule has 0 radical (unpaired) electrons. The summed E-state index contributed by atoms with van der Waals surface area (Å²) in [5.41, 5.74) is 10.7. The van der Waals surface area contributed by atoms with Gasteiger partial charge < -0.3 is 21.5 Å². The van der Waals surface area contributed by atoms with Gasteiger partial charge in [-0.3, -0.25) is 14.5 Å². The maximum absolute atomic E-state index is 12.3. The fourth-order valence-corrected chi connectivity index (χ4v) is 4.01. The monoisotopic (exact) mass is 453 g/mol. The largest absolute Gasteiger partial charge is 0.465 e. The Morgan fingerprint density at radius 1 is 1.19 bits per heavy atom. The smallest absolute Gasteiger partial charge is 0.309 e. The number of likely N-dealkylation sites (tertiary alicyclic amines) is 1. The van der Waals surface area contributed by atoms with Crippen LogP contribution in [0.5, 0.6) is 0 Å². The van der Waals surface area contributed by atoms with Gasteiger partial charge in [0.2, 0.25) is 11.9 Å². The summed E-state index contributed by atoms with van der Waals surface area (Å²) in [6.07, 6.45) is 2.17. The van der Waals surface area contributed by atoms with Gasteiger partial charge in [0.05, 0.1) is 24.0 Å². The summed E-state index contributed by atoms with van der Waals surface area (Å²) in [5.74, 6) is -0.554. The number of nitrogens with zero attached hydrogens (tertiary/aromatic N) is 2. The van der Waals surface area contributed by atoms with E-state index in [1.807, 2.05) is 4.90 Å².